The van der Waals surface area contributed by atoms with Crippen LogP contribution in [0.1, 0.15) is 75.6 Å². The van der Waals surface area contributed by atoms with Gasteiger partial charge in [0.25, 0.3) is 11.8 Å². The van der Waals surface area contributed by atoms with Gasteiger partial charge in [-0.15, -0.1) is 0 Å². The summed E-state index contributed by atoms with van der Waals surface area (Å²) in [6.07, 6.45) is 8.68. The highest BCUT2D eigenvalue weighted by atomic mass is 16.5. The Hall–Kier alpha value is -2.77. The van der Waals surface area contributed by atoms with Gasteiger partial charge < -0.3 is 24.0 Å². The highest BCUT2D eigenvalue weighted by Gasteiger charge is 2.25. The average molecular weight is 475 g/mol. The Morgan fingerprint density at radius 1 is 0.912 bits per heavy atom. The van der Waals surface area contributed by atoms with Crippen LogP contribution < -0.4 is 9.47 Å². The highest BCUT2D eigenvalue weighted by Crippen LogP contribution is 2.29. The van der Waals surface area contributed by atoms with E-state index in [0.29, 0.717) is 24.7 Å². The Kier molecular flexibility index (Phi) is 10.0. The summed E-state index contributed by atoms with van der Waals surface area (Å²) < 4.78 is 16.7. The summed E-state index contributed by atoms with van der Waals surface area (Å²) in [7, 11) is 0. The standard InChI is InChI=1S/C26H38N2O6/c1-3-28(21-11-7-5-8-12-21)25(30)19-34-26(31)20-13-14-22(23(17-20)32-4-2)33-18-24(29)27-15-9-6-10-16-27/h13-14,17,21H,3-12,15-16,18-19H2,1-2H3. The SMILES string of the molecule is CCOc1cc(C(=O)OCC(=O)N(CC)C2CCCCC2)ccc1OCC(=O)N1CCCCC1. The fourth-order valence-corrected chi connectivity index (χ4v) is 4.72. The molecule has 1 aromatic rings. The molecule has 1 aromatic carbocycles. The Balaban J connectivity index is 1.56. The van der Waals surface area contributed by atoms with Crippen molar-refractivity contribution < 1.29 is 28.6 Å². The molecule has 2 fully saturated rings. The van der Waals surface area contributed by atoms with Crippen molar-refractivity contribution in [3.8, 4) is 11.5 Å². The normalized spacial score (nSPS) is 16.6. The summed E-state index contributed by atoms with van der Waals surface area (Å²) >= 11 is 0. The summed E-state index contributed by atoms with van der Waals surface area (Å²) in [6, 6.07) is 4.94. The molecule has 1 aliphatic carbocycles. The van der Waals surface area contributed by atoms with Crippen molar-refractivity contribution in [3.63, 3.8) is 0 Å². The number of carbonyl (C=O) groups excluding carboxylic acids is 3. The van der Waals surface area contributed by atoms with E-state index in [1.54, 1.807) is 12.1 Å². The first-order valence-electron chi connectivity index (χ1n) is 12.7. The van der Waals surface area contributed by atoms with Crippen LogP contribution in [-0.4, -0.2) is 73.1 Å². The van der Waals surface area contributed by atoms with E-state index in [2.05, 4.69) is 0 Å². The van der Waals surface area contributed by atoms with Gasteiger partial charge in [-0.2, -0.15) is 0 Å². The summed E-state index contributed by atoms with van der Waals surface area (Å²) in [5, 5.41) is 0. The lowest BCUT2D eigenvalue weighted by Crippen LogP contribution is -2.43. The second kappa shape index (κ2) is 13.2. The van der Waals surface area contributed by atoms with Crippen molar-refractivity contribution in [2.24, 2.45) is 0 Å². The van der Waals surface area contributed by atoms with Crippen LogP contribution in [0.4, 0.5) is 0 Å². The van der Waals surface area contributed by atoms with E-state index in [1.165, 1.54) is 12.5 Å². The molecular weight excluding hydrogens is 436 g/mol. The fraction of sp³-hybridized carbons (Fsp3) is 0.654. The number of benzene rings is 1. The van der Waals surface area contributed by atoms with Crippen LogP contribution in [-0.2, 0) is 14.3 Å². The summed E-state index contributed by atoms with van der Waals surface area (Å²) in [6.45, 7) is 5.94. The van der Waals surface area contributed by atoms with Crippen LogP contribution in [0, 0.1) is 0 Å². The van der Waals surface area contributed by atoms with E-state index in [4.69, 9.17) is 14.2 Å². The zero-order valence-corrected chi connectivity index (χ0v) is 20.6. The topological polar surface area (TPSA) is 85.4 Å². The summed E-state index contributed by atoms with van der Waals surface area (Å²) in [4.78, 5) is 41.4. The van der Waals surface area contributed by atoms with Gasteiger partial charge in [0.05, 0.1) is 12.2 Å². The summed E-state index contributed by atoms with van der Waals surface area (Å²) in [5.74, 6) is -0.0436. The van der Waals surface area contributed by atoms with Crippen molar-refractivity contribution in [3.05, 3.63) is 23.8 Å². The first-order valence-corrected chi connectivity index (χ1v) is 12.7. The van der Waals surface area contributed by atoms with E-state index in [1.807, 2.05) is 23.6 Å². The first kappa shape index (κ1) is 25.8. The lowest BCUT2D eigenvalue weighted by molar-refractivity contribution is -0.137. The molecule has 1 heterocycles. The number of ether oxygens (including phenoxy) is 3. The Morgan fingerprint density at radius 3 is 2.29 bits per heavy atom. The van der Waals surface area contributed by atoms with Crippen molar-refractivity contribution in [1.29, 1.82) is 0 Å². The molecule has 8 nitrogen and oxygen atoms in total. The number of likely N-dealkylation sites (tertiary alicyclic amines) is 1. The number of carbonyl (C=O) groups is 3. The van der Waals surface area contributed by atoms with E-state index in [9.17, 15) is 14.4 Å². The molecule has 0 unspecified atom stereocenters. The average Bonchev–Trinajstić information content (AvgIpc) is 2.88. The number of likely N-dealkylation sites (N-methyl/N-ethyl adjacent to an activating group) is 1. The molecule has 1 aliphatic heterocycles. The second-order valence-electron chi connectivity index (χ2n) is 8.87. The van der Waals surface area contributed by atoms with E-state index >= 15 is 0 Å². The molecule has 2 aliphatic rings. The lowest BCUT2D eigenvalue weighted by atomic mass is 9.94. The van der Waals surface area contributed by atoms with Gasteiger partial charge in [0, 0.05) is 25.7 Å². The van der Waals surface area contributed by atoms with Crippen molar-refractivity contribution >= 4 is 17.8 Å². The molecule has 0 spiro atoms. The number of amides is 2. The minimum Gasteiger partial charge on any atom is -0.490 e. The second-order valence-corrected chi connectivity index (χ2v) is 8.87. The van der Waals surface area contributed by atoms with Gasteiger partial charge in [-0.3, -0.25) is 9.59 Å². The molecule has 0 atom stereocenters. The summed E-state index contributed by atoms with van der Waals surface area (Å²) in [5.41, 5.74) is 0.270. The molecule has 34 heavy (non-hydrogen) atoms. The number of hydrogen-bond acceptors (Lipinski definition) is 6. The molecule has 1 saturated heterocycles. The smallest absolute Gasteiger partial charge is 0.338 e. The molecule has 1 saturated carbocycles. The molecule has 0 bridgehead atoms. The zero-order chi connectivity index (χ0) is 24.3. The van der Waals surface area contributed by atoms with Crippen LogP contribution >= 0.6 is 0 Å². The Bertz CT molecular complexity index is 831. The van der Waals surface area contributed by atoms with Gasteiger partial charge >= 0.3 is 5.97 Å². The van der Waals surface area contributed by atoms with E-state index in [0.717, 1.165) is 58.0 Å². The quantitative estimate of drug-likeness (QED) is 0.480. The number of rotatable bonds is 10. The number of nitrogens with zero attached hydrogens (tertiary/aromatic N) is 2. The predicted molar refractivity (Wildman–Crippen MR) is 128 cm³/mol. The van der Waals surface area contributed by atoms with Gasteiger partial charge in [-0.1, -0.05) is 19.3 Å². The molecule has 2 amide bonds. The Morgan fingerprint density at radius 2 is 1.62 bits per heavy atom. The largest absolute Gasteiger partial charge is 0.490 e. The van der Waals surface area contributed by atoms with Gasteiger partial charge in [0.15, 0.2) is 24.7 Å². The molecule has 3 rings (SSSR count). The van der Waals surface area contributed by atoms with Gasteiger partial charge in [-0.05, 0) is 64.2 Å². The lowest BCUT2D eigenvalue weighted by Gasteiger charge is -2.33. The fourth-order valence-electron chi connectivity index (χ4n) is 4.72. The molecule has 0 N–H and O–H groups in total. The monoisotopic (exact) mass is 474 g/mol. The van der Waals surface area contributed by atoms with Crippen molar-refractivity contribution in [1.82, 2.24) is 9.80 Å². The van der Waals surface area contributed by atoms with Crippen LogP contribution in [0.5, 0.6) is 11.5 Å². The van der Waals surface area contributed by atoms with Gasteiger partial charge in [0.2, 0.25) is 0 Å². The maximum absolute atomic E-state index is 12.7. The molecule has 8 heteroatoms. The highest BCUT2D eigenvalue weighted by molar-refractivity contribution is 5.92. The first-order chi connectivity index (χ1) is 16.5. The third-order valence-corrected chi connectivity index (χ3v) is 6.54. The minimum absolute atomic E-state index is 0.0532. The van der Waals surface area contributed by atoms with E-state index in [-0.39, 0.29) is 36.6 Å². The third kappa shape index (κ3) is 7.11. The zero-order valence-electron chi connectivity index (χ0n) is 20.6. The Labute approximate surface area is 202 Å². The predicted octanol–water partition coefficient (Wildman–Crippen LogP) is 3.81. The molecular formula is C26H38N2O6. The van der Waals surface area contributed by atoms with Gasteiger partial charge in [0.1, 0.15) is 0 Å². The minimum atomic E-state index is -0.593. The van der Waals surface area contributed by atoms with Crippen LogP contribution in [0.3, 0.4) is 0 Å². The number of esters is 1. The maximum Gasteiger partial charge on any atom is 0.338 e. The molecule has 0 aromatic heterocycles. The van der Waals surface area contributed by atoms with Gasteiger partial charge in [-0.25, -0.2) is 4.79 Å². The van der Waals surface area contributed by atoms with Crippen molar-refractivity contribution in [2.75, 3.05) is 39.5 Å². The molecule has 0 radical (unpaired) electrons. The molecule has 188 valence electrons. The van der Waals surface area contributed by atoms with E-state index < -0.39 is 5.97 Å². The van der Waals surface area contributed by atoms with Crippen molar-refractivity contribution in [2.45, 2.75) is 71.3 Å². The maximum atomic E-state index is 12.7. The van der Waals surface area contributed by atoms with Crippen LogP contribution in [0.2, 0.25) is 0 Å². The van der Waals surface area contributed by atoms with Crippen LogP contribution in [0.15, 0.2) is 18.2 Å². The number of hydrogen-bond donors (Lipinski definition) is 0. The third-order valence-electron chi connectivity index (χ3n) is 6.54. The van der Waals surface area contributed by atoms with Crippen LogP contribution in [0.25, 0.3) is 0 Å². The number of piperidine rings is 1.